The summed E-state index contributed by atoms with van der Waals surface area (Å²) in [6.07, 6.45) is 6.87. The van der Waals surface area contributed by atoms with Crippen LogP contribution in [0.15, 0.2) is 61.2 Å². The number of anilines is 1. The Morgan fingerprint density at radius 1 is 1.28 bits per heavy atom. The number of nitrogen functional groups attached to an aromatic ring is 1. The van der Waals surface area contributed by atoms with E-state index in [0.29, 0.717) is 51.3 Å². The van der Waals surface area contributed by atoms with E-state index in [1.54, 1.807) is 36.8 Å². The number of nitrogens with one attached hydrogen (secondary N) is 1. The summed E-state index contributed by atoms with van der Waals surface area (Å²) in [4.78, 5) is 26.9. The molecule has 5 aromatic rings. The molecule has 1 fully saturated rings. The van der Waals surface area contributed by atoms with Gasteiger partial charge < -0.3 is 30.2 Å². The van der Waals surface area contributed by atoms with E-state index in [9.17, 15) is 14.3 Å². The first-order valence-corrected chi connectivity index (χ1v) is 14.7. The zero-order chi connectivity index (χ0) is 29.9. The van der Waals surface area contributed by atoms with E-state index in [1.165, 1.54) is 30.6 Å². The highest BCUT2D eigenvalue weighted by molar-refractivity contribution is 7.22. The molecule has 1 aliphatic heterocycles. The van der Waals surface area contributed by atoms with Crippen molar-refractivity contribution in [2.75, 3.05) is 26.0 Å². The molecule has 7 rings (SSSR count). The van der Waals surface area contributed by atoms with Crippen LogP contribution in [0.4, 0.5) is 9.52 Å². The Morgan fingerprint density at radius 3 is 2.77 bits per heavy atom. The molecule has 1 saturated carbocycles. The van der Waals surface area contributed by atoms with Crippen molar-refractivity contribution in [1.82, 2.24) is 24.8 Å². The number of ether oxygens (including phenoxy) is 2. The fourth-order valence-corrected chi connectivity index (χ4v) is 6.58. The molecule has 0 radical (unpaired) electrons. The molecule has 2 atom stereocenters. The molecule has 1 aliphatic carbocycles. The minimum absolute atomic E-state index is 0.0705. The molecule has 12 heteroatoms. The van der Waals surface area contributed by atoms with Crippen LogP contribution in [0.25, 0.3) is 21.5 Å². The van der Waals surface area contributed by atoms with Crippen LogP contribution in [0.5, 0.6) is 11.5 Å². The largest absolute Gasteiger partial charge is 0.494 e. The number of carbonyl (C=O) groups excluding carboxylic acids is 1. The normalized spacial score (nSPS) is 19.1. The van der Waals surface area contributed by atoms with Crippen LogP contribution in [0, 0.1) is 11.7 Å². The van der Waals surface area contributed by atoms with Crippen molar-refractivity contribution in [2.45, 2.75) is 30.9 Å². The number of imidazole rings is 1. The number of methoxy groups -OCH3 is 1. The van der Waals surface area contributed by atoms with Crippen LogP contribution in [-0.4, -0.2) is 50.8 Å². The van der Waals surface area contributed by atoms with Gasteiger partial charge in [-0.3, -0.25) is 4.79 Å². The van der Waals surface area contributed by atoms with E-state index >= 15 is 0 Å². The minimum atomic E-state index is -1.47. The smallest absolute Gasteiger partial charge is 0.251 e. The van der Waals surface area contributed by atoms with Crippen molar-refractivity contribution in [3.05, 3.63) is 83.8 Å². The highest BCUT2D eigenvalue weighted by Gasteiger charge is 2.49. The lowest BCUT2D eigenvalue weighted by Gasteiger charge is -2.31. The summed E-state index contributed by atoms with van der Waals surface area (Å²) in [7, 11) is 1.51. The number of carbonyl (C=O) groups is 1. The van der Waals surface area contributed by atoms with Gasteiger partial charge in [0.15, 0.2) is 10.9 Å². The van der Waals surface area contributed by atoms with E-state index in [0.717, 1.165) is 23.1 Å². The van der Waals surface area contributed by atoms with E-state index in [2.05, 4.69) is 15.3 Å². The molecule has 1 amide bonds. The van der Waals surface area contributed by atoms with Crippen LogP contribution < -0.4 is 20.5 Å². The monoisotopic (exact) mass is 600 g/mol. The predicted octanol–water partition coefficient (Wildman–Crippen LogP) is 4.47. The maximum atomic E-state index is 13.9. The number of aromatic nitrogens is 4. The van der Waals surface area contributed by atoms with E-state index < -0.39 is 11.1 Å². The van der Waals surface area contributed by atoms with Gasteiger partial charge in [-0.2, -0.15) is 0 Å². The molecular formula is C31H29FN6O4S. The number of fused-ring (bicyclic) bond motifs is 2. The second-order valence-corrected chi connectivity index (χ2v) is 12.3. The Kier molecular flexibility index (Phi) is 6.36. The third-order valence-electron chi connectivity index (χ3n) is 8.42. The summed E-state index contributed by atoms with van der Waals surface area (Å²) in [5, 5.41) is 15.6. The molecule has 3 aromatic heterocycles. The van der Waals surface area contributed by atoms with Crippen LogP contribution >= 0.6 is 11.3 Å². The van der Waals surface area contributed by atoms with Crippen molar-refractivity contribution < 1.29 is 23.8 Å². The van der Waals surface area contributed by atoms with Crippen LogP contribution in [0.2, 0.25) is 0 Å². The summed E-state index contributed by atoms with van der Waals surface area (Å²) in [6.45, 7) is 2.29. The van der Waals surface area contributed by atoms with Gasteiger partial charge in [0.25, 0.3) is 5.91 Å². The summed E-state index contributed by atoms with van der Waals surface area (Å²) >= 11 is 1.26. The van der Waals surface area contributed by atoms with Crippen molar-refractivity contribution >= 4 is 32.6 Å². The van der Waals surface area contributed by atoms with Crippen LogP contribution in [-0.2, 0) is 11.1 Å². The van der Waals surface area contributed by atoms with Gasteiger partial charge in [-0.15, -0.1) is 0 Å². The summed E-state index contributed by atoms with van der Waals surface area (Å²) in [5.41, 5.74) is 7.12. The maximum absolute atomic E-state index is 13.9. The van der Waals surface area contributed by atoms with Gasteiger partial charge in [0.1, 0.15) is 40.5 Å². The molecule has 220 valence electrons. The molecular weight excluding hydrogens is 571 g/mol. The van der Waals surface area contributed by atoms with Crippen molar-refractivity contribution in [3.8, 4) is 22.8 Å². The Hall–Kier alpha value is -4.55. The third kappa shape index (κ3) is 4.57. The minimum Gasteiger partial charge on any atom is -0.494 e. The quantitative estimate of drug-likeness (QED) is 0.237. The average Bonchev–Trinajstić information content (AvgIpc) is 3.41. The second-order valence-electron chi connectivity index (χ2n) is 11.2. The molecule has 43 heavy (non-hydrogen) atoms. The number of hydrogen-bond acceptors (Lipinski definition) is 9. The van der Waals surface area contributed by atoms with Crippen LogP contribution in [0.1, 0.15) is 41.4 Å². The number of amides is 1. The number of nitrogens with zero attached hydrogens (tertiary/aromatic N) is 4. The van der Waals surface area contributed by atoms with E-state index in [-0.39, 0.29) is 24.2 Å². The van der Waals surface area contributed by atoms with Gasteiger partial charge in [0.05, 0.1) is 30.4 Å². The van der Waals surface area contributed by atoms with Gasteiger partial charge in [0, 0.05) is 29.1 Å². The molecule has 4 heterocycles. The number of thiazole rings is 1. The first-order chi connectivity index (χ1) is 20.7. The Morgan fingerprint density at radius 2 is 2.07 bits per heavy atom. The number of halogens is 1. The topological polar surface area (TPSA) is 137 Å². The zero-order valence-corrected chi connectivity index (χ0v) is 24.3. The average molecular weight is 601 g/mol. The standard InChI is InChI=1S/C31H29FN6O4S/c1-30(38-10-9-34-16-38)15-42-27-21(30)13-24(36-25(27)17-3-7-20(32)8-4-17)31(40,19-5-6-19)14-35-28(39)18-11-22(41-2)26-23(12-18)43-29(33)37-26/h3-4,7-13,16,19,40H,5-6,14-15H2,1-2H3,(H2,33,37)(H,35,39)/t30-,31+/m0/s1. The highest BCUT2D eigenvalue weighted by atomic mass is 32.1. The van der Waals surface area contributed by atoms with E-state index in [4.69, 9.17) is 20.2 Å². The lowest BCUT2D eigenvalue weighted by atomic mass is 9.86. The Balaban J connectivity index is 1.29. The SMILES string of the molecule is COc1cc(C(=O)NC[C@](O)(c2cc3c(c(-c4ccc(F)cc4)n2)OC[C@]3(C)n2ccnc2)C2CC2)cc2sc(N)nc12. The number of pyridine rings is 1. The second kappa shape index (κ2) is 10.0. The number of nitrogens with two attached hydrogens (primary N) is 1. The molecule has 0 bridgehead atoms. The van der Waals surface area contributed by atoms with Gasteiger partial charge in [-0.25, -0.2) is 19.3 Å². The number of hydrogen-bond donors (Lipinski definition) is 3. The summed E-state index contributed by atoms with van der Waals surface area (Å²) in [6, 6.07) is 11.2. The van der Waals surface area contributed by atoms with Crippen molar-refractivity contribution in [3.63, 3.8) is 0 Å². The fourth-order valence-electron chi connectivity index (χ4n) is 5.78. The van der Waals surface area contributed by atoms with Crippen LogP contribution in [0.3, 0.4) is 0 Å². The van der Waals surface area contributed by atoms with E-state index in [1.807, 2.05) is 23.8 Å². The molecule has 2 aromatic carbocycles. The highest BCUT2D eigenvalue weighted by Crippen LogP contribution is 2.50. The van der Waals surface area contributed by atoms with Gasteiger partial charge >= 0.3 is 0 Å². The zero-order valence-electron chi connectivity index (χ0n) is 23.5. The summed E-state index contributed by atoms with van der Waals surface area (Å²) < 4.78 is 28.2. The van der Waals surface area contributed by atoms with Gasteiger partial charge in [0.2, 0.25) is 0 Å². The Bertz CT molecular complexity index is 1860. The van der Waals surface area contributed by atoms with Gasteiger partial charge in [-0.05, 0) is 68.1 Å². The molecule has 0 saturated heterocycles. The van der Waals surface area contributed by atoms with Gasteiger partial charge in [-0.1, -0.05) is 11.3 Å². The molecule has 10 nitrogen and oxygen atoms in total. The first kappa shape index (κ1) is 27.3. The first-order valence-electron chi connectivity index (χ1n) is 13.9. The lowest BCUT2D eigenvalue weighted by Crippen LogP contribution is -2.43. The third-order valence-corrected chi connectivity index (χ3v) is 9.25. The van der Waals surface area contributed by atoms with Crippen molar-refractivity contribution in [1.29, 1.82) is 0 Å². The number of rotatable bonds is 8. The van der Waals surface area contributed by atoms with Crippen molar-refractivity contribution in [2.24, 2.45) is 5.92 Å². The molecule has 2 aliphatic rings. The molecule has 0 spiro atoms. The fraction of sp³-hybridized carbons (Fsp3) is 0.290. The lowest BCUT2D eigenvalue weighted by molar-refractivity contribution is 0.00945. The number of benzene rings is 2. The number of aliphatic hydroxyl groups is 1. The summed E-state index contributed by atoms with van der Waals surface area (Å²) in [5.74, 6) is 0.153. The predicted molar refractivity (Wildman–Crippen MR) is 160 cm³/mol. The Labute approximate surface area is 250 Å². The molecule has 4 N–H and O–H groups in total. The molecule has 0 unspecified atom stereocenters. The maximum Gasteiger partial charge on any atom is 0.251 e.